The Kier molecular flexibility index (Phi) is 5.86. The van der Waals surface area contributed by atoms with E-state index in [9.17, 15) is 0 Å². The van der Waals surface area contributed by atoms with Crippen molar-refractivity contribution in [3.05, 3.63) is 177 Å². The van der Waals surface area contributed by atoms with Gasteiger partial charge < -0.3 is 0 Å². The number of hydrogen-bond acceptors (Lipinski definition) is 4. The first-order valence-corrected chi connectivity index (χ1v) is 17.6. The predicted molar refractivity (Wildman–Crippen MR) is 196 cm³/mol. The van der Waals surface area contributed by atoms with Crippen molar-refractivity contribution in [2.75, 3.05) is 0 Å². The van der Waals surface area contributed by atoms with E-state index >= 15 is 0 Å². The van der Waals surface area contributed by atoms with E-state index in [-0.39, 0.29) is 0 Å². The summed E-state index contributed by atoms with van der Waals surface area (Å²) < 4.78 is 0. The van der Waals surface area contributed by atoms with Gasteiger partial charge in [0, 0.05) is 21.9 Å². The smallest absolute Gasteiger partial charge is 0.0811 e. The van der Waals surface area contributed by atoms with Crippen LogP contribution in [0.25, 0.3) is 67.0 Å². The van der Waals surface area contributed by atoms with Crippen LogP contribution in [0.1, 0.15) is 22.3 Å². The van der Waals surface area contributed by atoms with Gasteiger partial charge in [-0.25, -0.2) is 9.97 Å². The molecule has 2 aliphatic carbocycles. The summed E-state index contributed by atoms with van der Waals surface area (Å²) in [5, 5.41) is 4.20. The zero-order valence-corrected chi connectivity index (χ0v) is 26.9. The van der Waals surface area contributed by atoms with Crippen LogP contribution in [-0.2, 0) is 5.41 Å². The molecule has 0 amide bonds. The third-order valence-corrected chi connectivity index (χ3v) is 11.2. The van der Waals surface area contributed by atoms with Crippen LogP contribution >= 0.6 is 22.7 Å². The summed E-state index contributed by atoms with van der Waals surface area (Å²) in [6.07, 6.45) is 0. The Labute approximate surface area is 281 Å². The summed E-state index contributed by atoms with van der Waals surface area (Å²) in [6, 6.07) is 49.9. The van der Waals surface area contributed by atoms with Gasteiger partial charge in [-0.2, -0.15) is 0 Å². The Morgan fingerprint density at radius 2 is 0.745 bits per heavy atom. The number of nitrogens with zero attached hydrogens (tertiary/aromatic N) is 2. The molecule has 2 heterocycles. The van der Waals surface area contributed by atoms with Gasteiger partial charge in [0.25, 0.3) is 0 Å². The number of benzene rings is 6. The highest BCUT2D eigenvalue weighted by Gasteiger charge is 2.51. The molecule has 220 valence electrons. The highest BCUT2D eigenvalue weighted by atomic mass is 32.1. The molecular formula is C43H26N2S2. The fourth-order valence-electron chi connectivity index (χ4n) is 7.88. The van der Waals surface area contributed by atoms with Crippen molar-refractivity contribution < 1.29 is 0 Å². The maximum atomic E-state index is 4.51. The summed E-state index contributed by atoms with van der Waals surface area (Å²) in [5.74, 6) is 0. The number of aromatic nitrogens is 2. The van der Waals surface area contributed by atoms with Crippen LogP contribution in [-0.4, -0.2) is 9.97 Å². The Hall–Kier alpha value is -5.42. The normalized spacial score (nSPS) is 13.3. The minimum Gasteiger partial charge on any atom is -0.245 e. The molecule has 0 aliphatic heterocycles. The number of thiazole rings is 2. The molecule has 0 bridgehead atoms. The maximum Gasteiger partial charge on any atom is 0.0811 e. The molecule has 2 aromatic heterocycles. The Balaban J connectivity index is 1.18. The average molecular weight is 635 g/mol. The standard InChI is InChI=1S/C43H26N2S2/c1-3-7-37-33(5-1)34-6-2-4-8-38(34)43(37)39-21-31(27-9-13-29(14-10-27)41-23-46-25-44-41)17-19-35(39)36-20-18-32(22-40(36)43)28-11-15-30(16-12-28)42-24-47-26-45-42/h1-26H. The van der Waals surface area contributed by atoms with Crippen molar-refractivity contribution in [1.82, 2.24) is 9.97 Å². The highest BCUT2D eigenvalue weighted by molar-refractivity contribution is 7.08. The van der Waals surface area contributed by atoms with Gasteiger partial charge >= 0.3 is 0 Å². The summed E-state index contributed by atoms with van der Waals surface area (Å²) in [7, 11) is 0. The minimum atomic E-state index is -0.412. The van der Waals surface area contributed by atoms with Crippen molar-refractivity contribution in [2.24, 2.45) is 0 Å². The third kappa shape index (κ3) is 3.89. The molecule has 2 aliphatic rings. The zero-order valence-electron chi connectivity index (χ0n) is 25.2. The predicted octanol–water partition coefficient (Wildman–Crippen LogP) is 11.6. The fraction of sp³-hybridized carbons (Fsp3) is 0.0233. The van der Waals surface area contributed by atoms with Gasteiger partial charge in [-0.3, -0.25) is 0 Å². The molecule has 8 aromatic rings. The first-order valence-electron chi connectivity index (χ1n) is 15.8. The summed E-state index contributed by atoms with van der Waals surface area (Å²) >= 11 is 3.26. The molecule has 0 saturated carbocycles. The molecule has 10 rings (SSSR count). The second kappa shape index (κ2) is 10.3. The summed E-state index contributed by atoms with van der Waals surface area (Å²) in [6.45, 7) is 0. The van der Waals surface area contributed by atoms with Crippen molar-refractivity contribution in [3.63, 3.8) is 0 Å². The van der Waals surface area contributed by atoms with E-state index in [0.717, 1.165) is 22.5 Å². The first-order chi connectivity index (χ1) is 23.3. The van der Waals surface area contributed by atoms with Gasteiger partial charge in [0.1, 0.15) is 0 Å². The van der Waals surface area contributed by atoms with Crippen LogP contribution in [0.5, 0.6) is 0 Å². The van der Waals surface area contributed by atoms with Crippen molar-refractivity contribution in [3.8, 4) is 67.0 Å². The number of hydrogen-bond donors (Lipinski definition) is 0. The molecule has 47 heavy (non-hydrogen) atoms. The van der Waals surface area contributed by atoms with Gasteiger partial charge in [0.2, 0.25) is 0 Å². The van der Waals surface area contributed by atoms with E-state index in [1.54, 1.807) is 22.7 Å². The molecular weight excluding hydrogens is 609 g/mol. The lowest BCUT2D eigenvalue weighted by molar-refractivity contribution is 0.794. The van der Waals surface area contributed by atoms with Crippen LogP contribution in [0.3, 0.4) is 0 Å². The van der Waals surface area contributed by atoms with Gasteiger partial charge in [-0.15, -0.1) is 22.7 Å². The van der Waals surface area contributed by atoms with Crippen molar-refractivity contribution in [2.45, 2.75) is 5.41 Å². The summed E-state index contributed by atoms with van der Waals surface area (Å²) in [5.41, 5.74) is 23.2. The van der Waals surface area contributed by atoms with E-state index in [2.05, 4.69) is 154 Å². The van der Waals surface area contributed by atoms with Crippen LogP contribution < -0.4 is 0 Å². The van der Waals surface area contributed by atoms with Crippen LogP contribution in [0, 0.1) is 0 Å². The lowest BCUT2D eigenvalue weighted by Gasteiger charge is -2.31. The topological polar surface area (TPSA) is 25.8 Å². The molecule has 0 fully saturated rings. The first kappa shape index (κ1) is 26.8. The zero-order chi connectivity index (χ0) is 31.0. The van der Waals surface area contributed by atoms with Crippen molar-refractivity contribution >= 4 is 22.7 Å². The minimum absolute atomic E-state index is 0.412. The average Bonchev–Trinajstić information content (AvgIpc) is 3.96. The van der Waals surface area contributed by atoms with Gasteiger partial charge in [0.05, 0.1) is 27.8 Å². The van der Waals surface area contributed by atoms with Crippen LogP contribution in [0.2, 0.25) is 0 Å². The SMILES string of the molecule is c1ccc2c(c1)-c1ccccc1C21c2cc(-c3ccc(-c4cscn4)cc3)ccc2-c2ccc(-c3ccc(-c4cscn4)cc3)cc21. The lowest BCUT2D eigenvalue weighted by Crippen LogP contribution is -2.26. The Morgan fingerprint density at radius 1 is 0.362 bits per heavy atom. The van der Waals surface area contributed by atoms with Gasteiger partial charge in [-0.05, 0) is 78.9 Å². The maximum absolute atomic E-state index is 4.51. The van der Waals surface area contributed by atoms with E-state index < -0.39 is 5.41 Å². The molecule has 6 aromatic carbocycles. The Morgan fingerprint density at radius 3 is 1.17 bits per heavy atom. The van der Waals surface area contributed by atoms with Crippen LogP contribution in [0.4, 0.5) is 0 Å². The second-order valence-electron chi connectivity index (χ2n) is 12.3. The molecule has 2 nitrogen and oxygen atoms in total. The van der Waals surface area contributed by atoms with E-state index in [1.165, 1.54) is 66.8 Å². The lowest BCUT2D eigenvalue weighted by atomic mass is 9.70. The number of rotatable bonds is 4. The van der Waals surface area contributed by atoms with E-state index in [0.29, 0.717) is 0 Å². The molecule has 4 heteroatoms. The molecule has 0 unspecified atom stereocenters. The molecule has 0 saturated heterocycles. The number of fused-ring (bicyclic) bond motifs is 10. The largest absolute Gasteiger partial charge is 0.245 e. The van der Waals surface area contributed by atoms with Gasteiger partial charge in [0.15, 0.2) is 0 Å². The van der Waals surface area contributed by atoms with E-state index in [1.807, 2.05) is 11.0 Å². The second-order valence-corrected chi connectivity index (χ2v) is 13.7. The van der Waals surface area contributed by atoms with E-state index in [4.69, 9.17) is 0 Å². The quantitative estimate of drug-likeness (QED) is 0.192. The Bertz CT molecular complexity index is 2260. The summed E-state index contributed by atoms with van der Waals surface area (Å²) in [4.78, 5) is 9.02. The highest BCUT2D eigenvalue weighted by Crippen LogP contribution is 2.63. The molecule has 0 N–H and O–H groups in total. The molecule has 1 spiro atoms. The third-order valence-electron chi connectivity index (χ3n) is 9.98. The van der Waals surface area contributed by atoms with Crippen molar-refractivity contribution in [1.29, 1.82) is 0 Å². The molecule has 0 radical (unpaired) electrons. The monoisotopic (exact) mass is 634 g/mol. The van der Waals surface area contributed by atoms with Crippen LogP contribution in [0.15, 0.2) is 155 Å². The fourth-order valence-corrected chi connectivity index (χ4v) is 9.00. The van der Waals surface area contributed by atoms with Gasteiger partial charge in [-0.1, -0.05) is 121 Å². The molecule has 0 atom stereocenters.